The lowest BCUT2D eigenvalue weighted by Gasteiger charge is -2.22. The van der Waals surface area contributed by atoms with Gasteiger partial charge in [-0.05, 0) is 19.1 Å². The first-order valence-electron chi connectivity index (χ1n) is 8.11. The van der Waals surface area contributed by atoms with Crippen molar-refractivity contribution in [3.05, 3.63) is 27.9 Å². The van der Waals surface area contributed by atoms with Gasteiger partial charge in [-0.25, -0.2) is 0 Å². The Balaban J connectivity index is 2.29. The van der Waals surface area contributed by atoms with E-state index in [4.69, 9.17) is 13.9 Å². The lowest BCUT2D eigenvalue weighted by atomic mass is 9.80. The second-order valence-corrected chi connectivity index (χ2v) is 7.01. The zero-order chi connectivity index (χ0) is 19.0. The Morgan fingerprint density at radius 3 is 2.46 bits per heavy atom. The van der Waals surface area contributed by atoms with Crippen LogP contribution in [-0.4, -0.2) is 28.5 Å². The number of methoxy groups -OCH3 is 1. The molecule has 1 aliphatic rings. The largest absolute Gasteiger partial charge is 0.507 e. The molecule has 1 aromatic heterocycles. The zero-order valence-electron chi connectivity index (χ0n) is 14.7. The first kappa shape index (κ1) is 16.4. The van der Waals surface area contributed by atoms with Gasteiger partial charge in [-0.3, -0.25) is 4.79 Å². The van der Waals surface area contributed by atoms with Gasteiger partial charge >= 0.3 is 0 Å². The van der Waals surface area contributed by atoms with Gasteiger partial charge in [0.15, 0.2) is 22.7 Å². The van der Waals surface area contributed by atoms with Crippen LogP contribution < -0.4 is 14.9 Å². The summed E-state index contributed by atoms with van der Waals surface area (Å²) in [6.07, 6.45) is -0.268. The summed E-state index contributed by atoms with van der Waals surface area (Å²) in [5, 5.41) is 30.7. The van der Waals surface area contributed by atoms with Gasteiger partial charge in [0.25, 0.3) is 0 Å². The number of fused-ring (bicyclic) bond motifs is 3. The Bertz CT molecular complexity index is 1140. The van der Waals surface area contributed by atoms with E-state index in [0.717, 1.165) is 0 Å². The summed E-state index contributed by atoms with van der Waals surface area (Å²) in [6.45, 7) is 5.67. The highest BCUT2D eigenvalue weighted by molar-refractivity contribution is 6.01. The van der Waals surface area contributed by atoms with Crippen LogP contribution in [-0.2, 0) is 5.41 Å². The van der Waals surface area contributed by atoms with E-state index in [-0.39, 0.29) is 39.5 Å². The molecule has 136 valence electrons. The standard InChI is InChI=1S/C19H18O7/c1-7-19(2,3)11-14(23)10-12(21)8-5-6-9(20)13(22)15(8)26-16(10)18(24-4)17(11)25-7/h5-7,20,22-23H,1-4H3/t7-/m0/s1. The Morgan fingerprint density at radius 1 is 1.12 bits per heavy atom. The number of ether oxygens (including phenoxy) is 2. The van der Waals surface area contributed by atoms with E-state index in [1.807, 2.05) is 20.8 Å². The minimum atomic E-state index is -0.557. The number of hydrogen-bond acceptors (Lipinski definition) is 7. The highest BCUT2D eigenvalue weighted by Gasteiger charge is 2.45. The molecule has 3 N–H and O–H groups in total. The number of aromatic hydroxyl groups is 3. The smallest absolute Gasteiger partial charge is 0.205 e. The molecule has 0 aliphatic carbocycles. The molecule has 0 saturated carbocycles. The summed E-state index contributed by atoms with van der Waals surface area (Å²) in [4.78, 5) is 13.0. The molecule has 1 aliphatic heterocycles. The minimum absolute atomic E-state index is 0.0369. The second kappa shape index (κ2) is 4.97. The molecular formula is C19H18O7. The molecule has 0 bridgehead atoms. The molecule has 7 heteroatoms. The number of phenolic OH excluding ortho intramolecular Hbond substituents is 3. The molecule has 0 spiro atoms. The van der Waals surface area contributed by atoms with E-state index >= 15 is 0 Å². The van der Waals surface area contributed by atoms with Crippen LogP contribution >= 0.6 is 0 Å². The van der Waals surface area contributed by atoms with Crippen molar-refractivity contribution in [2.75, 3.05) is 7.11 Å². The number of benzene rings is 2. The average molecular weight is 358 g/mol. The van der Waals surface area contributed by atoms with Crippen LogP contribution in [0.3, 0.4) is 0 Å². The summed E-state index contributed by atoms with van der Waals surface area (Å²) < 4.78 is 17.0. The van der Waals surface area contributed by atoms with Crippen molar-refractivity contribution in [3.63, 3.8) is 0 Å². The third-order valence-electron chi connectivity index (χ3n) is 5.29. The van der Waals surface area contributed by atoms with E-state index in [9.17, 15) is 20.1 Å². The van der Waals surface area contributed by atoms with Crippen LogP contribution in [0.25, 0.3) is 21.9 Å². The van der Waals surface area contributed by atoms with Gasteiger partial charge in [0.1, 0.15) is 17.2 Å². The fraction of sp³-hybridized carbons (Fsp3) is 0.316. The molecule has 26 heavy (non-hydrogen) atoms. The SMILES string of the molecule is COc1c2c(c(O)c3c(=O)c4ccc(O)c(O)c4oc13)C(C)(C)[C@H](C)O2. The molecule has 0 saturated heterocycles. The zero-order valence-corrected chi connectivity index (χ0v) is 14.7. The van der Waals surface area contributed by atoms with Crippen molar-refractivity contribution in [1.29, 1.82) is 0 Å². The first-order chi connectivity index (χ1) is 12.2. The minimum Gasteiger partial charge on any atom is -0.507 e. The average Bonchev–Trinajstić information content (AvgIpc) is 2.81. The Hall–Kier alpha value is -3.09. The van der Waals surface area contributed by atoms with Gasteiger partial charge in [0.2, 0.25) is 16.9 Å². The molecule has 0 fully saturated rings. The molecular weight excluding hydrogens is 340 g/mol. The summed E-state index contributed by atoms with van der Waals surface area (Å²) in [5.41, 5.74) is -0.855. The van der Waals surface area contributed by atoms with Crippen molar-refractivity contribution < 1.29 is 29.2 Å². The molecule has 2 aromatic carbocycles. The number of rotatable bonds is 1. The Labute approximate surface area is 148 Å². The molecule has 1 atom stereocenters. The van der Waals surface area contributed by atoms with Crippen molar-refractivity contribution in [3.8, 4) is 28.7 Å². The third kappa shape index (κ3) is 1.80. The predicted octanol–water partition coefficient (Wildman–Crippen LogP) is 3.13. The fourth-order valence-corrected chi connectivity index (χ4v) is 3.48. The van der Waals surface area contributed by atoms with Crippen LogP contribution in [0.15, 0.2) is 21.3 Å². The summed E-state index contributed by atoms with van der Waals surface area (Å²) in [5.74, 6) is -0.744. The van der Waals surface area contributed by atoms with Crippen LogP contribution in [0.4, 0.5) is 0 Å². The van der Waals surface area contributed by atoms with E-state index in [1.165, 1.54) is 19.2 Å². The molecule has 3 aromatic rings. The fourth-order valence-electron chi connectivity index (χ4n) is 3.48. The van der Waals surface area contributed by atoms with Crippen molar-refractivity contribution >= 4 is 21.9 Å². The van der Waals surface area contributed by atoms with Gasteiger partial charge in [0.05, 0.1) is 18.1 Å². The van der Waals surface area contributed by atoms with Crippen LogP contribution in [0.2, 0.25) is 0 Å². The van der Waals surface area contributed by atoms with E-state index in [1.54, 1.807) is 0 Å². The van der Waals surface area contributed by atoms with E-state index in [2.05, 4.69) is 0 Å². The molecule has 0 radical (unpaired) electrons. The van der Waals surface area contributed by atoms with Crippen LogP contribution in [0, 0.1) is 0 Å². The molecule has 0 amide bonds. The van der Waals surface area contributed by atoms with Gasteiger partial charge in [-0.1, -0.05) is 13.8 Å². The van der Waals surface area contributed by atoms with Gasteiger partial charge in [-0.15, -0.1) is 0 Å². The molecule has 4 rings (SSSR count). The highest BCUT2D eigenvalue weighted by atomic mass is 16.5. The highest BCUT2D eigenvalue weighted by Crippen LogP contribution is 2.55. The summed E-state index contributed by atoms with van der Waals surface area (Å²) in [6, 6.07) is 2.52. The normalized spacial score (nSPS) is 18.1. The quantitative estimate of drug-likeness (QED) is 0.453. The number of phenols is 3. The van der Waals surface area contributed by atoms with E-state index < -0.39 is 22.3 Å². The molecule has 7 nitrogen and oxygen atoms in total. The lowest BCUT2D eigenvalue weighted by Crippen LogP contribution is -2.29. The van der Waals surface area contributed by atoms with Gasteiger partial charge < -0.3 is 29.2 Å². The molecule has 2 heterocycles. The topological polar surface area (TPSA) is 109 Å². The summed E-state index contributed by atoms with van der Waals surface area (Å²) >= 11 is 0. The van der Waals surface area contributed by atoms with Crippen molar-refractivity contribution in [2.24, 2.45) is 0 Å². The maximum atomic E-state index is 13.0. The van der Waals surface area contributed by atoms with E-state index in [0.29, 0.717) is 11.3 Å². The Kier molecular flexibility index (Phi) is 3.13. The third-order valence-corrected chi connectivity index (χ3v) is 5.29. The molecule has 0 unspecified atom stereocenters. The van der Waals surface area contributed by atoms with Gasteiger partial charge in [-0.2, -0.15) is 0 Å². The summed E-state index contributed by atoms with van der Waals surface area (Å²) in [7, 11) is 1.40. The van der Waals surface area contributed by atoms with Crippen LogP contribution in [0.1, 0.15) is 26.3 Å². The Morgan fingerprint density at radius 2 is 1.81 bits per heavy atom. The second-order valence-electron chi connectivity index (χ2n) is 7.01. The van der Waals surface area contributed by atoms with Crippen molar-refractivity contribution in [1.82, 2.24) is 0 Å². The predicted molar refractivity (Wildman–Crippen MR) is 94.7 cm³/mol. The first-order valence-corrected chi connectivity index (χ1v) is 8.11. The van der Waals surface area contributed by atoms with Crippen LogP contribution in [0.5, 0.6) is 28.7 Å². The maximum Gasteiger partial charge on any atom is 0.205 e. The monoisotopic (exact) mass is 358 g/mol. The maximum absolute atomic E-state index is 13.0. The lowest BCUT2D eigenvalue weighted by molar-refractivity contribution is 0.180. The number of hydrogen-bond donors (Lipinski definition) is 3. The van der Waals surface area contributed by atoms with Crippen molar-refractivity contribution in [2.45, 2.75) is 32.3 Å². The van der Waals surface area contributed by atoms with Gasteiger partial charge in [0, 0.05) is 5.41 Å².